The van der Waals surface area contributed by atoms with Crippen LogP contribution in [0.25, 0.3) is 0 Å². The van der Waals surface area contributed by atoms with Crippen molar-refractivity contribution < 1.29 is 14.6 Å². The Kier molecular flexibility index (Phi) is 1.48. The molecule has 1 N–H and O–H groups in total. The number of carbonyl (C=O) groups is 1. The minimum atomic E-state index is -0.837. The van der Waals surface area contributed by atoms with Gasteiger partial charge in [-0.2, -0.15) is 0 Å². The van der Waals surface area contributed by atoms with Crippen LogP contribution >= 0.6 is 0 Å². The maximum atomic E-state index is 10.3. The Labute approximate surface area is 47.3 Å². The lowest BCUT2D eigenvalue weighted by Gasteiger charge is -2.15. The smallest absolute Gasteiger partial charge is 0.308 e. The molecule has 3 heteroatoms. The number of rotatable bonds is 0. The molecule has 3 nitrogen and oxygen atoms in total. The summed E-state index contributed by atoms with van der Waals surface area (Å²) in [5, 5.41) is 8.64. The molecule has 1 aliphatic rings. The van der Waals surface area contributed by atoms with Crippen LogP contribution in [-0.2, 0) is 9.53 Å². The number of hydrogen-bond acceptors (Lipinski definition) is 3. The van der Waals surface area contributed by atoms with Crippen molar-refractivity contribution in [1.82, 2.24) is 0 Å². The highest BCUT2D eigenvalue weighted by molar-refractivity contribution is 5.69. The normalized spacial score (nSPS) is 29.6. The summed E-state index contributed by atoms with van der Waals surface area (Å²) in [5.41, 5.74) is 0. The predicted octanol–water partition coefficient (Wildman–Crippen LogP) is 0.0319. The quantitative estimate of drug-likeness (QED) is 0.454. The van der Waals surface area contributed by atoms with Crippen LogP contribution in [0.1, 0.15) is 19.3 Å². The van der Waals surface area contributed by atoms with Crippen molar-refractivity contribution in [2.75, 3.05) is 0 Å². The van der Waals surface area contributed by atoms with Gasteiger partial charge >= 0.3 is 5.97 Å². The number of aliphatic hydroxyl groups is 1. The fourth-order valence-electron chi connectivity index (χ4n) is 0.691. The lowest BCUT2D eigenvalue weighted by atomic mass is 10.2. The first-order valence-electron chi connectivity index (χ1n) is 2.66. The Bertz CT molecular complexity index is 99.8. The summed E-state index contributed by atoms with van der Waals surface area (Å²) in [4.78, 5) is 10.3. The number of hydrogen-bond donors (Lipinski definition) is 1. The van der Waals surface area contributed by atoms with E-state index in [4.69, 9.17) is 5.11 Å². The zero-order valence-electron chi connectivity index (χ0n) is 4.46. The molecule has 1 saturated heterocycles. The standard InChI is InChI=1S/C5H8O3/c6-4-2-1-3-5(7)8-4/h4,6H,1-3H2/t4-/m1/s1. The molecule has 0 bridgehead atoms. The van der Waals surface area contributed by atoms with Gasteiger partial charge in [-0.1, -0.05) is 0 Å². The van der Waals surface area contributed by atoms with Crippen LogP contribution in [0.2, 0.25) is 0 Å². The van der Waals surface area contributed by atoms with Gasteiger partial charge in [0.1, 0.15) is 0 Å². The number of esters is 1. The summed E-state index contributed by atoms with van der Waals surface area (Å²) in [5.74, 6) is -0.288. The molecule has 46 valence electrons. The molecule has 0 aliphatic carbocycles. The fraction of sp³-hybridized carbons (Fsp3) is 0.800. The van der Waals surface area contributed by atoms with Gasteiger partial charge in [-0.15, -0.1) is 0 Å². The Hall–Kier alpha value is -0.570. The van der Waals surface area contributed by atoms with Crippen molar-refractivity contribution in [3.05, 3.63) is 0 Å². The van der Waals surface area contributed by atoms with E-state index in [-0.39, 0.29) is 5.97 Å². The second-order valence-corrected chi connectivity index (χ2v) is 1.84. The summed E-state index contributed by atoms with van der Waals surface area (Å²) in [6, 6.07) is 0. The van der Waals surface area contributed by atoms with Gasteiger partial charge in [-0.3, -0.25) is 4.79 Å². The zero-order valence-corrected chi connectivity index (χ0v) is 4.46. The summed E-state index contributed by atoms with van der Waals surface area (Å²) >= 11 is 0. The van der Waals surface area contributed by atoms with Crippen molar-refractivity contribution >= 4 is 5.97 Å². The summed E-state index contributed by atoms with van der Waals surface area (Å²) in [6.45, 7) is 0. The van der Waals surface area contributed by atoms with E-state index < -0.39 is 6.29 Å². The van der Waals surface area contributed by atoms with E-state index in [0.717, 1.165) is 6.42 Å². The lowest BCUT2D eigenvalue weighted by molar-refractivity contribution is -0.175. The molecule has 0 amide bonds. The Morgan fingerprint density at radius 3 is 2.88 bits per heavy atom. The Morgan fingerprint density at radius 2 is 2.50 bits per heavy atom. The largest absolute Gasteiger partial charge is 0.436 e. The predicted molar refractivity (Wildman–Crippen MR) is 25.9 cm³/mol. The average molecular weight is 116 g/mol. The zero-order chi connectivity index (χ0) is 5.98. The lowest BCUT2D eigenvalue weighted by Crippen LogP contribution is -2.22. The topological polar surface area (TPSA) is 46.5 Å². The third-order valence-corrected chi connectivity index (χ3v) is 1.10. The molecule has 0 radical (unpaired) electrons. The average Bonchev–Trinajstić information content (AvgIpc) is 1.64. The van der Waals surface area contributed by atoms with Gasteiger partial charge in [0.2, 0.25) is 6.29 Å². The minimum absolute atomic E-state index is 0.288. The molecule has 1 fully saturated rings. The van der Waals surface area contributed by atoms with E-state index in [0.29, 0.717) is 12.8 Å². The molecule has 0 aromatic heterocycles. The Morgan fingerprint density at radius 1 is 1.75 bits per heavy atom. The molecule has 8 heavy (non-hydrogen) atoms. The van der Waals surface area contributed by atoms with Crippen molar-refractivity contribution in [1.29, 1.82) is 0 Å². The van der Waals surface area contributed by atoms with Crippen LogP contribution < -0.4 is 0 Å². The molecular weight excluding hydrogens is 108 g/mol. The van der Waals surface area contributed by atoms with Crippen LogP contribution in [0.4, 0.5) is 0 Å². The van der Waals surface area contributed by atoms with Crippen LogP contribution in [-0.4, -0.2) is 17.4 Å². The first-order chi connectivity index (χ1) is 3.79. The fourth-order valence-corrected chi connectivity index (χ4v) is 0.691. The van der Waals surface area contributed by atoms with E-state index in [1.165, 1.54) is 0 Å². The second kappa shape index (κ2) is 2.13. The molecule has 0 spiro atoms. The maximum Gasteiger partial charge on any atom is 0.308 e. The molecule has 0 unspecified atom stereocenters. The summed E-state index contributed by atoms with van der Waals surface area (Å²) < 4.78 is 4.40. The van der Waals surface area contributed by atoms with Gasteiger partial charge in [-0.05, 0) is 6.42 Å². The molecule has 1 aliphatic heterocycles. The molecule has 0 aromatic carbocycles. The van der Waals surface area contributed by atoms with E-state index in [1.54, 1.807) is 0 Å². The second-order valence-electron chi connectivity index (χ2n) is 1.84. The SMILES string of the molecule is O=C1CCC[C@H](O)O1. The van der Waals surface area contributed by atoms with Crippen LogP contribution in [0.3, 0.4) is 0 Å². The number of carbonyl (C=O) groups excluding carboxylic acids is 1. The third-order valence-electron chi connectivity index (χ3n) is 1.10. The Balaban J connectivity index is 2.34. The van der Waals surface area contributed by atoms with Crippen molar-refractivity contribution in [2.24, 2.45) is 0 Å². The van der Waals surface area contributed by atoms with E-state index in [2.05, 4.69) is 4.74 Å². The molecule has 0 aromatic rings. The highest BCUT2D eigenvalue weighted by atomic mass is 16.6. The molecule has 0 saturated carbocycles. The highest BCUT2D eigenvalue weighted by Gasteiger charge is 2.16. The molecule has 1 heterocycles. The van der Waals surface area contributed by atoms with Gasteiger partial charge in [0.15, 0.2) is 0 Å². The number of ether oxygens (including phenoxy) is 1. The van der Waals surface area contributed by atoms with Gasteiger partial charge in [0, 0.05) is 12.8 Å². The highest BCUT2D eigenvalue weighted by Crippen LogP contribution is 2.10. The number of cyclic esters (lactones) is 1. The maximum absolute atomic E-state index is 10.3. The van der Waals surface area contributed by atoms with Gasteiger partial charge in [-0.25, -0.2) is 0 Å². The summed E-state index contributed by atoms with van der Waals surface area (Å²) in [7, 11) is 0. The van der Waals surface area contributed by atoms with E-state index in [1.807, 2.05) is 0 Å². The first-order valence-corrected chi connectivity index (χ1v) is 2.66. The summed E-state index contributed by atoms with van der Waals surface area (Å²) in [6.07, 6.45) is 0.958. The first kappa shape index (κ1) is 5.56. The van der Waals surface area contributed by atoms with Gasteiger partial charge < -0.3 is 9.84 Å². The molecular formula is C5H8O3. The molecule has 1 rings (SSSR count). The monoisotopic (exact) mass is 116 g/mol. The van der Waals surface area contributed by atoms with E-state index in [9.17, 15) is 4.79 Å². The molecule has 1 atom stereocenters. The van der Waals surface area contributed by atoms with Gasteiger partial charge in [0.25, 0.3) is 0 Å². The third kappa shape index (κ3) is 1.20. The van der Waals surface area contributed by atoms with Crippen LogP contribution in [0.5, 0.6) is 0 Å². The van der Waals surface area contributed by atoms with Crippen molar-refractivity contribution in [3.63, 3.8) is 0 Å². The van der Waals surface area contributed by atoms with Crippen LogP contribution in [0.15, 0.2) is 0 Å². The van der Waals surface area contributed by atoms with Crippen molar-refractivity contribution in [3.8, 4) is 0 Å². The van der Waals surface area contributed by atoms with Crippen molar-refractivity contribution in [2.45, 2.75) is 25.6 Å². The number of aliphatic hydroxyl groups excluding tert-OH is 1. The minimum Gasteiger partial charge on any atom is -0.436 e. The van der Waals surface area contributed by atoms with E-state index >= 15 is 0 Å². The van der Waals surface area contributed by atoms with Gasteiger partial charge in [0.05, 0.1) is 0 Å². The van der Waals surface area contributed by atoms with Crippen LogP contribution in [0, 0.1) is 0 Å².